The van der Waals surface area contributed by atoms with Crippen molar-refractivity contribution in [3.63, 3.8) is 0 Å². The monoisotopic (exact) mass is 255 g/mol. The van der Waals surface area contributed by atoms with E-state index in [2.05, 4.69) is 17.4 Å². The SMILES string of the molecule is CC(NCCCC(N)=NO)c1ccccc1Cl. The number of nitrogens with two attached hydrogens (primary N) is 1. The second kappa shape index (κ2) is 7.14. The van der Waals surface area contributed by atoms with Crippen LogP contribution in [0.4, 0.5) is 0 Å². The van der Waals surface area contributed by atoms with Crippen LogP contribution in [0.2, 0.25) is 5.02 Å². The van der Waals surface area contributed by atoms with Gasteiger partial charge in [-0.3, -0.25) is 0 Å². The Morgan fingerprint density at radius 2 is 2.24 bits per heavy atom. The number of hydrogen-bond donors (Lipinski definition) is 3. The van der Waals surface area contributed by atoms with E-state index in [0.717, 1.165) is 23.6 Å². The fourth-order valence-electron chi connectivity index (χ4n) is 1.57. The van der Waals surface area contributed by atoms with Crippen molar-refractivity contribution < 1.29 is 5.21 Å². The summed E-state index contributed by atoms with van der Waals surface area (Å²) in [5.74, 6) is 0.261. The van der Waals surface area contributed by atoms with Crippen molar-refractivity contribution in [3.05, 3.63) is 34.9 Å². The van der Waals surface area contributed by atoms with Crippen LogP contribution in [0.1, 0.15) is 31.4 Å². The first-order valence-corrected chi connectivity index (χ1v) is 5.97. The van der Waals surface area contributed by atoms with Crippen LogP contribution in [0.25, 0.3) is 0 Å². The first-order valence-electron chi connectivity index (χ1n) is 5.59. The maximum atomic E-state index is 8.38. The zero-order valence-corrected chi connectivity index (χ0v) is 10.6. The molecule has 17 heavy (non-hydrogen) atoms. The third-order valence-electron chi connectivity index (χ3n) is 2.56. The average molecular weight is 256 g/mol. The molecule has 0 bridgehead atoms. The predicted octanol–water partition coefficient (Wildman–Crippen LogP) is 2.52. The quantitative estimate of drug-likeness (QED) is 0.241. The number of amidine groups is 1. The molecule has 0 radical (unpaired) electrons. The molecule has 1 rings (SSSR count). The molecule has 0 saturated carbocycles. The van der Waals surface area contributed by atoms with Crippen LogP contribution in [0.15, 0.2) is 29.4 Å². The highest BCUT2D eigenvalue weighted by Crippen LogP contribution is 2.21. The summed E-state index contributed by atoms with van der Waals surface area (Å²) in [5, 5.41) is 15.4. The van der Waals surface area contributed by atoms with Crippen LogP contribution in [0.5, 0.6) is 0 Å². The summed E-state index contributed by atoms with van der Waals surface area (Å²) in [7, 11) is 0. The van der Waals surface area contributed by atoms with Gasteiger partial charge < -0.3 is 16.3 Å². The van der Waals surface area contributed by atoms with Crippen molar-refractivity contribution in [2.45, 2.75) is 25.8 Å². The zero-order valence-electron chi connectivity index (χ0n) is 9.86. The molecule has 5 heteroatoms. The fourth-order valence-corrected chi connectivity index (χ4v) is 1.87. The Morgan fingerprint density at radius 3 is 2.88 bits per heavy atom. The summed E-state index contributed by atoms with van der Waals surface area (Å²) in [6.45, 7) is 2.85. The van der Waals surface area contributed by atoms with Crippen LogP contribution in [0, 0.1) is 0 Å². The van der Waals surface area contributed by atoms with E-state index in [1.807, 2.05) is 24.3 Å². The molecule has 1 aromatic carbocycles. The Morgan fingerprint density at radius 1 is 1.53 bits per heavy atom. The van der Waals surface area contributed by atoms with E-state index < -0.39 is 0 Å². The molecule has 0 aliphatic carbocycles. The number of oxime groups is 1. The van der Waals surface area contributed by atoms with Crippen molar-refractivity contribution in [1.82, 2.24) is 5.32 Å². The van der Waals surface area contributed by atoms with Crippen molar-refractivity contribution in [2.24, 2.45) is 10.9 Å². The number of rotatable bonds is 6. The lowest BCUT2D eigenvalue weighted by molar-refractivity contribution is 0.316. The van der Waals surface area contributed by atoms with Crippen molar-refractivity contribution in [3.8, 4) is 0 Å². The first kappa shape index (κ1) is 13.8. The molecule has 0 aliphatic rings. The van der Waals surface area contributed by atoms with Crippen molar-refractivity contribution in [1.29, 1.82) is 0 Å². The van der Waals surface area contributed by atoms with Gasteiger partial charge in [-0.1, -0.05) is 35.0 Å². The van der Waals surface area contributed by atoms with Gasteiger partial charge in [0.05, 0.1) is 0 Å². The van der Waals surface area contributed by atoms with Crippen LogP contribution in [-0.2, 0) is 0 Å². The molecule has 0 spiro atoms. The molecule has 4 nitrogen and oxygen atoms in total. The standard InChI is InChI=1S/C12H18ClN3O/c1-9(10-5-2-3-6-11(10)13)15-8-4-7-12(14)16-17/h2-3,5-6,9,15,17H,4,7-8H2,1H3,(H2,14,16). The molecule has 0 saturated heterocycles. The van der Waals surface area contributed by atoms with Crippen molar-refractivity contribution >= 4 is 17.4 Å². The average Bonchev–Trinajstić information content (AvgIpc) is 2.34. The van der Waals surface area contributed by atoms with Crippen LogP contribution in [0.3, 0.4) is 0 Å². The van der Waals surface area contributed by atoms with E-state index in [-0.39, 0.29) is 11.9 Å². The van der Waals surface area contributed by atoms with Crippen molar-refractivity contribution in [2.75, 3.05) is 6.54 Å². The van der Waals surface area contributed by atoms with E-state index in [1.165, 1.54) is 0 Å². The van der Waals surface area contributed by atoms with Crippen LogP contribution < -0.4 is 11.1 Å². The topological polar surface area (TPSA) is 70.6 Å². The Labute approximate surface area is 106 Å². The Balaban J connectivity index is 2.35. The van der Waals surface area contributed by atoms with E-state index in [1.54, 1.807) is 0 Å². The maximum absolute atomic E-state index is 8.38. The molecule has 94 valence electrons. The fraction of sp³-hybridized carbons (Fsp3) is 0.417. The minimum Gasteiger partial charge on any atom is -0.409 e. The third kappa shape index (κ3) is 4.63. The molecule has 4 N–H and O–H groups in total. The minimum absolute atomic E-state index is 0.191. The van der Waals surface area contributed by atoms with E-state index in [9.17, 15) is 0 Å². The minimum atomic E-state index is 0.191. The molecule has 1 unspecified atom stereocenters. The lowest BCUT2D eigenvalue weighted by Crippen LogP contribution is -2.22. The number of hydrogen-bond acceptors (Lipinski definition) is 3. The maximum Gasteiger partial charge on any atom is 0.139 e. The molecule has 0 heterocycles. The van der Waals surface area contributed by atoms with Crippen LogP contribution >= 0.6 is 11.6 Å². The van der Waals surface area contributed by atoms with Crippen LogP contribution in [-0.4, -0.2) is 17.6 Å². The van der Waals surface area contributed by atoms with Gasteiger partial charge in [0.15, 0.2) is 0 Å². The highest BCUT2D eigenvalue weighted by Gasteiger charge is 2.07. The molecule has 0 aromatic heterocycles. The summed E-state index contributed by atoms with van der Waals surface area (Å²) in [6.07, 6.45) is 1.41. The van der Waals surface area contributed by atoms with Gasteiger partial charge in [0, 0.05) is 17.5 Å². The second-order valence-electron chi connectivity index (χ2n) is 3.89. The van der Waals surface area contributed by atoms with Gasteiger partial charge >= 0.3 is 0 Å². The summed E-state index contributed by atoms with van der Waals surface area (Å²) in [4.78, 5) is 0. The molecule has 1 aromatic rings. The zero-order chi connectivity index (χ0) is 12.7. The Bertz CT molecular complexity index is 382. The summed E-state index contributed by atoms with van der Waals surface area (Å²) >= 11 is 6.09. The number of halogens is 1. The van der Waals surface area contributed by atoms with E-state index in [0.29, 0.717) is 6.42 Å². The van der Waals surface area contributed by atoms with E-state index >= 15 is 0 Å². The third-order valence-corrected chi connectivity index (χ3v) is 2.90. The molecular formula is C12H18ClN3O. The summed E-state index contributed by atoms with van der Waals surface area (Å²) < 4.78 is 0. The van der Waals surface area contributed by atoms with Gasteiger partial charge in [-0.2, -0.15) is 0 Å². The predicted molar refractivity (Wildman–Crippen MR) is 70.5 cm³/mol. The van der Waals surface area contributed by atoms with Gasteiger partial charge in [-0.15, -0.1) is 0 Å². The van der Waals surface area contributed by atoms with Gasteiger partial charge in [0.25, 0.3) is 0 Å². The highest BCUT2D eigenvalue weighted by molar-refractivity contribution is 6.31. The molecule has 1 atom stereocenters. The first-order chi connectivity index (χ1) is 8.15. The molecule has 0 aliphatic heterocycles. The number of nitrogens with zero attached hydrogens (tertiary/aromatic N) is 1. The smallest absolute Gasteiger partial charge is 0.139 e. The second-order valence-corrected chi connectivity index (χ2v) is 4.30. The lowest BCUT2D eigenvalue weighted by Gasteiger charge is -2.15. The van der Waals surface area contributed by atoms with E-state index in [4.69, 9.17) is 22.5 Å². The molecule has 0 amide bonds. The molecular weight excluding hydrogens is 238 g/mol. The van der Waals surface area contributed by atoms with Gasteiger partial charge in [-0.25, -0.2) is 0 Å². The Kier molecular flexibility index (Phi) is 5.80. The lowest BCUT2D eigenvalue weighted by atomic mass is 10.1. The van der Waals surface area contributed by atoms with Gasteiger partial charge in [-0.05, 0) is 31.5 Å². The summed E-state index contributed by atoms with van der Waals surface area (Å²) in [6, 6.07) is 7.96. The van der Waals surface area contributed by atoms with Gasteiger partial charge in [0.2, 0.25) is 0 Å². The highest BCUT2D eigenvalue weighted by atomic mass is 35.5. The Hall–Kier alpha value is -1.26. The van der Waals surface area contributed by atoms with Gasteiger partial charge in [0.1, 0.15) is 5.84 Å². The normalized spacial score (nSPS) is 13.6. The largest absolute Gasteiger partial charge is 0.409 e. The number of benzene rings is 1. The summed E-state index contributed by atoms with van der Waals surface area (Å²) in [5.41, 5.74) is 6.46. The number of nitrogens with one attached hydrogen (secondary N) is 1. The molecule has 0 fully saturated rings.